The normalized spacial score (nSPS) is 14.5. The number of hydrogen-bond acceptors (Lipinski definition) is 2. The van der Waals surface area contributed by atoms with E-state index in [1.807, 2.05) is 0 Å². The van der Waals surface area contributed by atoms with E-state index >= 15 is 0 Å². The molecule has 5 nitrogen and oxygen atoms in total. The first kappa shape index (κ1) is 12.8. The Balaban J connectivity index is 1.82. The zero-order chi connectivity index (χ0) is 11.8. The van der Waals surface area contributed by atoms with Crippen molar-refractivity contribution in [1.29, 1.82) is 0 Å². The average molecular weight is 228 g/mol. The number of carbonyl (C=O) groups is 2. The van der Waals surface area contributed by atoms with Crippen LogP contribution in [0.25, 0.3) is 0 Å². The molecule has 2 amide bonds. The van der Waals surface area contributed by atoms with Crippen LogP contribution in [0.4, 0.5) is 4.79 Å². The Morgan fingerprint density at radius 1 is 1.12 bits per heavy atom. The molecular formula is C11H20N2O3. The second-order valence-electron chi connectivity index (χ2n) is 4.28. The lowest BCUT2D eigenvalue weighted by Gasteiger charge is -2.06. The van der Waals surface area contributed by atoms with Crippen LogP contribution in [0.5, 0.6) is 0 Å². The first-order valence-corrected chi connectivity index (χ1v) is 5.92. The molecule has 0 spiro atoms. The molecule has 92 valence electrons. The van der Waals surface area contributed by atoms with Crippen molar-refractivity contribution in [2.45, 2.75) is 38.5 Å². The van der Waals surface area contributed by atoms with Gasteiger partial charge in [-0.25, -0.2) is 4.79 Å². The van der Waals surface area contributed by atoms with E-state index in [0.717, 1.165) is 19.4 Å². The summed E-state index contributed by atoms with van der Waals surface area (Å²) in [6.07, 6.45) is 5.04. The summed E-state index contributed by atoms with van der Waals surface area (Å²) in [5.41, 5.74) is 0. The van der Waals surface area contributed by atoms with Crippen molar-refractivity contribution in [1.82, 2.24) is 10.6 Å². The minimum absolute atomic E-state index is 0.106. The van der Waals surface area contributed by atoms with Gasteiger partial charge < -0.3 is 15.7 Å². The Hall–Kier alpha value is -1.26. The molecule has 0 atom stereocenters. The largest absolute Gasteiger partial charge is 0.481 e. The lowest BCUT2D eigenvalue weighted by atomic mass is 10.2. The van der Waals surface area contributed by atoms with E-state index in [4.69, 9.17) is 5.11 Å². The van der Waals surface area contributed by atoms with Gasteiger partial charge in [-0.1, -0.05) is 6.42 Å². The lowest BCUT2D eigenvalue weighted by molar-refractivity contribution is -0.137. The van der Waals surface area contributed by atoms with E-state index < -0.39 is 5.97 Å². The maximum Gasteiger partial charge on any atom is 0.314 e. The molecule has 0 bridgehead atoms. The summed E-state index contributed by atoms with van der Waals surface area (Å²) < 4.78 is 0. The summed E-state index contributed by atoms with van der Waals surface area (Å²) in [5, 5.41) is 14.0. The van der Waals surface area contributed by atoms with Crippen molar-refractivity contribution in [2.24, 2.45) is 5.92 Å². The van der Waals surface area contributed by atoms with Gasteiger partial charge in [0.2, 0.25) is 0 Å². The summed E-state index contributed by atoms with van der Waals surface area (Å²) in [6, 6.07) is -0.106. The smallest absolute Gasteiger partial charge is 0.314 e. The Morgan fingerprint density at radius 3 is 2.50 bits per heavy atom. The second kappa shape index (κ2) is 7.09. The van der Waals surface area contributed by atoms with E-state index in [0.29, 0.717) is 18.9 Å². The second-order valence-corrected chi connectivity index (χ2v) is 4.28. The van der Waals surface area contributed by atoms with E-state index in [1.54, 1.807) is 0 Å². The average Bonchev–Trinajstić information content (AvgIpc) is 3.03. The number of carboxylic acids is 1. The third kappa shape index (κ3) is 7.09. The van der Waals surface area contributed by atoms with Gasteiger partial charge in [0.15, 0.2) is 0 Å². The van der Waals surface area contributed by atoms with Crippen molar-refractivity contribution in [3.63, 3.8) is 0 Å². The van der Waals surface area contributed by atoms with Crippen LogP contribution in [-0.4, -0.2) is 30.2 Å². The maximum atomic E-state index is 11.2. The fourth-order valence-corrected chi connectivity index (χ4v) is 1.40. The van der Waals surface area contributed by atoms with Crippen molar-refractivity contribution in [3.05, 3.63) is 0 Å². The van der Waals surface area contributed by atoms with Crippen LogP contribution in [0.3, 0.4) is 0 Å². The Morgan fingerprint density at radius 2 is 1.88 bits per heavy atom. The number of unbranched alkanes of at least 4 members (excludes halogenated alkanes) is 2. The summed E-state index contributed by atoms with van der Waals surface area (Å²) in [7, 11) is 0. The van der Waals surface area contributed by atoms with Crippen molar-refractivity contribution in [3.8, 4) is 0 Å². The number of hydrogen-bond donors (Lipinski definition) is 3. The van der Waals surface area contributed by atoms with Crippen molar-refractivity contribution in [2.75, 3.05) is 13.1 Å². The molecule has 1 aliphatic carbocycles. The first-order valence-electron chi connectivity index (χ1n) is 5.92. The molecule has 0 saturated heterocycles. The number of aliphatic carboxylic acids is 1. The Bertz CT molecular complexity index is 239. The van der Waals surface area contributed by atoms with Crippen LogP contribution in [0.2, 0.25) is 0 Å². The topological polar surface area (TPSA) is 78.4 Å². The molecule has 0 aromatic heterocycles. The SMILES string of the molecule is O=C(O)CCCCCNC(=O)NCC1CC1. The van der Waals surface area contributed by atoms with Gasteiger partial charge in [0.25, 0.3) is 0 Å². The Kier molecular flexibility index (Phi) is 5.67. The van der Waals surface area contributed by atoms with Crippen molar-refractivity contribution >= 4 is 12.0 Å². The highest BCUT2D eigenvalue weighted by molar-refractivity contribution is 5.73. The Labute approximate surface area is 95.6 Å². The number of amides is 2. The van der Waals surface area contributed by atoms with Crippen LogP contribution in [-0.2, 0) is 4.79 Å². The monoisotopic (exact) mass is 228 g/mol. The minimum Gasteiger partial charge on any atom is -0.481 e. The molecule has 1 saturated carbocycles. The predicted molar refractivity (Wildman–Crippen MR) is 60.2 cm³/mol. The van der Waals surface area contributed by atoms with E-state index in [9.17, 15) is 9.59 Å². The molecule has 1 aliphatic rings. The molecule has 5 heteroatoms. The van der Waals surface area contributed by atoms with E-state index in [1.165, 1.54) is 12.8 Å². The molecule has 1 rings (SSSR count). The van der Waals surface area contributed by atoms with Crippen LogP contribution >= 0.6 is 0 Å². The number of urea groups is 1. The minimum atomic E-state index is -0.755. The molecule has 0 aromatic carbocycles. The molecule has 0 heterocycles. The number of carboxylic acid groups (broad SMARTS) is 1. The summed E-state index contributed by atoms with van der Waals surface area (Å²) in [5.74, 6) is -0.0588. The maximum absolute atomic E-state index is 11.2. The molecule has 0 radical (unpaired) electrons. The molecule has 0 unspecified atom stereocenters. The summed E-state index contributed by atoms with van der Waals surface area (Å²) in [4.78, 5) is 21.4. The van der Waals surface area contributed by atoms with Gasteiger partial charge in [-0.05, 0) is 31.6 Å². The number of rotatable bonds is 8. The van der Waals surface area contributed by atoms with E-state index in [2.05, 4.69) is 10.6 Å². The van der Waals surface area contributed by atoms with Gasteiger partial charge in [-0.2, -0.15) is 0 Å². The van der Waals surface area contributed by atoms with Gasteiger partial charge in [0.05, 0.1) is 0 Å². The third-order valence-electron chi connectivity index (χ3n) is 2.60. The highest BCUT2D eigenvalue weighted by Gasteiger charge is 2.21. The zero-order valence-corrected chi connectivity index (χ0v) is 9.50. The van der Waals surface area contributed by atoms with Crippen LogP contribution < -0.4 is 10.6 Å². The molecule has 16 heavy (non-hydrogen) atoms. The van der Waals surface area contributed by atoms with Gasteiger partial charge in [0.1, 0.15) is 0 Å². The summed E-state index contributed by atoms with van der Waals surface area (Å²) in [6.45, 7) is 1.40. The van der Waals surface area contributed by atoms with Crippen LogP contribution in [0, 0.1) is 5.92 Å². The molecule has 1 fully saturated rings. The predicted octanol–water partition coefficient (Wildman–Crippen LogP) is 1.34. The van der Waals surface area contributed by atoms with Gasteiger partial charge in [0, 0.05) is 19.5 Å². The van der Waals surface area contributed by atoms with Crippen molar-refractivity contribution < 1.29 is 14.7 Å². The van der Waals surface area contributed by atoms with Crippen LogP contribution in [0.15, 0.2) is 0 Å². The fourth-order valence-electron chi connectivity index (χ4n) is 1.40. The molecule has 3 N–H and O–H groups in total. The van der Waals surface area contributed by atoms with Gasteiger partial charge in [-0.15, -0.1) is 0 Å². The number of nitrogens with one attached hydrogen (secondary N) is 2. The standard InChI is InChI=1S/C11H20N2O3/c14-10(15)4-2-1-3-7-12-11(16)13-8-9-5-6-9/h9H,1-8H2,(H,14,15)(H2,12,13,16). The van der Waals surface area contributed by atoms with Crippen LogP contribution in [0.1, 0.15) is 38.5 Å². The molecule has 0 aromatic rings. The zero-order valence-electron chi connectivity index (χ0n) is 9.50. The first-order chi connectivity index (χ1) is 7.68. The van der Waals surface area contributed by atoms with E-state index in [-0.39, 0.29) is 12.5 Å². The molecular weight excluding hydrogens is 208 g/mol. The third-order valence-corrected chi connectivity index (χ3v) is 2.60. The molecule has 0 aliphatic heterocycles. The fraction of sp³-hybridized carbons (Fsp3) is 0.818. The number of carbonyl (C=O) groups excluding carboxylic acids is 1. The highest BCUT2D eigenvalue weighted by atomic mass is 16.4. The lowest BCUT2D eigenvalue weighted by Crippen LogP contribution is -2.37. The quantitative estimate of drug-likeness (QED) is 0.548. The summed E-state index contributed by atoms with van der Waals surface area (Å²) >= 11 is 0. The van der Waals surface area contributed by atoms with Gasteiger partial charge in [-0.3, -0.25) is 4.79 Å². The van der Waals surface area contributed by atoms with Gasteiger partial charge >= 0.3 is 12.0 Å². The highest BCUT2D eigenvalue weighted by Crippen LogP contribution is 2.27.